The Morgan fingerprint density at radius 2 is 1.70 bits per heavy atom. The van der Waals surface area contributed by atoms with Gasteiger partial charge in [-0.15, -0.1) is 0 Å². The third kappa shape index (κ3) is 5.84. The van der Waals surface area contributed by atoms with Gasteiger partial charge in [-0.25, -0.2) is 14.2 Å². The Morgan fingerprint density at radius 1 is 0.979 bits per heavy atom. The molecule has 2 amide bonds. The summed E-state index contributed by atoms with van der Waals surface area (Å²) in [6.45, 7) is 2.36. The van der Waals surface area contributed by atoms with Crippen molar-refractivity contribution in [3.05, 3.63) is 81.8 Å². The molecule has 0 bridgehead atoms. The van der Waals surface area contributed by atoms with Gasteiger partial charge in [0.1, 0.15) is 17.4 Å². The maximum absolute atomic E-state index is 15.5. The average Bonchev–Trinajstić information content (AvgIpc) is 3.64. The molecule has 2 aromatic heterocycles. The van der Waals surface area contributed by atoms with E-state index in [2.05, 4.69) is 15.0 Å². The van der Waals surface area contributed by atoms with Crippen LogP contribution in [0.15, 0.2) is 53.3 Å². The van der Waals surface area contributed by atoms with Crippen molar-refractivity contribution in [3.8, 4) is 11.1 Å². The summed E-state index contributed by atoms with van der Waals surface area (Å²) >= 11 is 0. The monoisotopic (exact) mass is 637 g/mol. The molecule has 47 heavy (non-hydrogen) atoms. The third-order valence-corrected chi connectivity index (χ3v) is 10.4. The van der Waals surface area contributed by atoms with Gasteiger partial charge in [-0.2, -0.15) is 0 Å². The molecular weight excluding hydrogens is 597 g/mol. The number of anilines is 1. The SMILES string of the molecule is Cc1c(-c2ccc(C[C@@H](C(N)=O)N(c3ccc4[nH]c(=O)[nH]c4c3)C(=O)[C@H]3CC[C@H](CN)CC3)cc2)cc2nc(C3CCC3)[nH]c2c1F. The Bertz CT molecular complexity index is 2020. The molecule has 2 saturated carbocycles. The number of aromatic nitrogens is 4. The van der Waals surface area contributed by atoms with E-state index in [1.165, 1.54) is 11.3 Å². The number of nitrogens with two attached hydrogens (primary N) is 2. The fourth-order valence-corrected chi connectivity index (χ4v) is 7.24. The largest absolute Gasteiger partial charge is 0.368 e. The molecule has 0 saturated heterocycles. The summed E-state index contributed by atoms with van der Waals surface area (Å²) in [5.41, 5.74) is 17.1. The topological polar surface area (TPSA) is 167 Å². The van der Waals surface area contributed by atoms with Crippen molar-refractivity contribution in [2.24, 2.45) is 23.3 Å². The highest BCUT2D eigenvalue weighted by molar-refractivity contribution is 6.02. The van der Waals surface area contributed by atoms with E-state index in [-0.39, 0.29) is 29.8 Å². The van der Waals surface area contributed by atoms with E-state index in [0.717, 1.165) is 48.2 Å². The van der Waals surface area contributed by atoms with E-state index in [0.29, 0.717) is 64.5 Å². The number of carbonyl (C=O) groups is 2. The van der Waals surface area contributed by atoms with Crippen LogP contribution in [0.5, 0.6) is 0 Å². The summed E-state index contributed by atoms with van der Waals surface area (Å²) in [7, 11) is 0. The highest BCUT2D eigenvalue weighted by Crippen LogP contribution is 2.38. The maximum Gasteiger partial charge on any atom is 0.323 e. The molecule has 0 aliphatic heterocycles. The molecular formula is C36H40FN7O3. The van der Waals surface area contributed by atoms with Crippen LogP contribution in [0, 0.1) is 24.6 Å². The predicted octanol–water partition coefficient (Wildman–Crippen LogP) is 5.31. The van der Waals surface area contributed by atoms with Crippen LogP contribution >= 0.6 is 0 Å². The lowest BCUT2D eigenvalue weighted by Gasteiger charge is -2.35. The predicted molar refractivity (Wildman–Crippen MR) is 180 cm³/mol. The number of benzene rings is 3. The maximum atomic E-state index is 15.5. The number of H-pyrrole nitrogens is 3. The molecule has 5 aromatic rings. The summed E-state index contributed by atoms with van der Waals surface area (Å²) < 4.78 is 15.5. The Morgan fingerprint density at radius 3 is 2.36 bits per heavy atom. The van der Waals surface area contributed by atoms with Crippen molar-refractivity contribution in [2.75, 3.05) is 11.4 Å². The van der Waals surface area contributed by atoms with E-state index < -0.39 is 11.9 Å². The number of nitrogens with one attached hydrogen (secondary N) is 3. The van der Waals surface area contributed by atoms with Crippen LogP contribution < -0.4 is 22.1 Å². The number of fused-ring (bicyclic) bond motifs is 2. The van der Waals surface area contributed by atoms with Crippen LogP contribution in [0.2, 0.25) is 0 Å². The van der Waals surface area contributed by atoms with Crippen molar-refractivity contribution < 1.29 is 14.0 Å². The summed E-state index contributed by atoms with van der Waals surface area (Å²) in [6.07, 6.45) is 6.54. The van der Waals surface area contributed by atoms with Crippen molar-refractivity contribution in [3.63, 3.8) is 0 Å². The minimum Gasteiger partial charge on any atom is -0.368 e. The van der Waals surface area contributed by atoms with Gasteiger partial charge in [0, 0.05) is 23.9 Å². The number of rotatable bonds is 9. The third-order valence-electron chi connectivity index (χ3n) is 10.4. The first-order valence-corrected chi connectivity index (χ1v) is 16.5. The number of primary amides is 1. The lowest BCUT2D eigenvalue weighted by molar-refractivity contribution is -0.127. The fourth-order valence-electron chi connectivity index (χ4n) is 7.24. The standard InChI is InChI=1S/C36H40FN7O3/c1-19-26(17-29-32(31(19)37)43-34(40-29)23-3-2-4-23)22-9-5-20(6-10-22)15-30(33(39)45)44(35(46)24-11-7-21(18-38)8-12-24)25-13-14-27-28(16-25)42-36(47)41-27/h5-6,9-10,13-14,16-17,21,23-24,30H,2-4,7-8,11-12,15,18,38H2,1H3,(H2,39,45)(H,40,43)(H2,41,42,47)/t21-,24-,30-/m0/s1. The van der Waals surface area contributed by atoms with E-state index >= 15 is 4.39 Å². The van der Waals surface area contributed by atoms with E-state index in [9.17, 15) is 14.4 Å². The van der Waals surface area contributed by atoms with Crippen molar-refractivity contribution in [2.45, 2.75) is 70.3 Å². The van der Waals surface area contributed by atoms with Crippen LogP contribution in [0.4, 0.5) is 10.1 Å². The molecule has 7 rings (SSSR count). The summed E-state index contributed by atoms with van der Waals surface area (Å²) in [5, 5.41) is 0. The zero-order chi connectivity index (χ0) is 32.8. The lowest BCUT2D eigenvalue weighted by atomic mass is 9.81. The smallest absolute Gasteiger partial charge is 0.323 e. The zero-order valence-corrected chi connectivity index (χ0v) is 26.4. The molecule has 2 fully saturated rings. The van der Waals surface area contributed by atoms with Crippen LogP contribution in [0.3, 0.4) is 0 Å². The molecule has 3 aromatic carbocycles. The van der Waals surface area contributed by atoms with Gasteiger partial charge in [-0.05, 0) is 104 Å². The number of nitrogens with zero attached hydrogens (tertiary/aromatic N) is 2. The van der Waals surface area contributed by atoms with Crippen LogP contribution in [-0.4, -0.2) is 44.3 Å². The number of amides is 2. The van der Waals surface area contributed by atoms with Gasteiger partial charge in [-0.3, -0.25) is 14.5 Å². The second kappa shape index (κ2) is 12.4. The highest BCUT2D eigenvalue weighted by atomic mass is 19.1. The second-order valence-corrected chi connectivity index (χ2v) is 13.3. The molecule has 0 radical (unpaired) electrons. The van der Waals surface area contributed by atoms with Gasteiger partial charge >= 0.3 is 5.69 Å². The van der Waals surface area contributed by atoms with Gasteiger partial charge in [-0.1, -0.05) is 30.7 Å². The van der Waals surface area contributed by atoms with Gasteiger partial charge in [0.15, 0.2) is 5.82 Å². The first-order valence-electron chi connectivity index (χ1n) is 16.5. The van der Waals surface area contributed by atoms with Crippen LogP contribution in [0.1, 0.15) is 67.8 Å². The summed E-state index contributed by atoms with van der Waals surface area (Å²) in [6, 6.07) is 13.7. The average molecular weight is 638 g/mol. The molecule has 11 heteroatoms. The Kier molecular flexibility index (Phi) is 8.17. The van der Waals surface area contributed by atoms with Crippen LogP contribution in [-0.2, 0) is 16.0 Å². The minimum absolute atomic E-state index is 0.169. The summed E-state index contributed by atoms with van der Waals surface area (Å²) in [5.74, 6) is 0.217. The van der Waals surface area contributed by atoms with E-state index in [1.54, 1.807) is 25.1 Å². The van der Waals surface area contributed by atoms with Gasteiger partial charge in [0.25, 0.3) is 0 Å². The van der Waals surface area contributed by atoms with E-state index in [4.69, 9.17) is 16.5 Å². The first kappa shape index (κ1) is 30.9. The lowest BCUT2D eigenvalue weighted by Crippen LogP contribution is -2.52. The molecule has 2 aliphatic rings. The Labute approximate surface area is 271 Å². The fraction of sp³-hybridized carbons (Fsp3) is 0.389. The molecule has 2 aliphatic carbocycles. The number of imidazole rings is 2. The normalized spacial score (nSPS) is 19.1. The number of carbonyl (C=O) groups excluding carboxylic acids is 2. The highest BCUT2D eigenvalue weighted by Gasteiger charge is 2.36. The van der Waals surface area contributed by atoms with Gasteiger partial charge in [0.05, 0.1) is 16.6 Å². The van der Waals surface area contributed by atoms with Crippen LogP contribution in [0.25, 0.3) is 33.2 Å². The molecule has 0 unspecified atom stereocenters. The number of hydrogen-bond acceptors (Lipinski definition) is 5. The molecule has 7 N–H and O–H groups in total. The first-order chi connectivity index (χ1) is 22.7. The van der Waals surface area contributed by atoms with Crippen molar-refractivity contribution in [1.82, 2.24) is 19.9 Å². The van der Waals surface area contributed by atoms with Gasteiger partial charge in [0.2, 0.25) is 11.8 Å². The molecule has 0 spiro atoms. The number of halogens is 1. The molecule has 10 nitrogen and oxygen atoms in total. The summed E-state index contributed by atoms with van der Waals surface area (Å²) in [4.78, 5) is 54.2. The molecule has 2 heterocycles. The second-order valence-electron chi connectivity index (χ2n) is 13.3. The molecule has 1 atom stereocenters. The number of hydrogen-bond donors (Lipinski definition) is 5. The van der Waals surface area contributed by atoms with Crippen molar-refractivity contribution >= 4 is 39.6 Å². The molecule has 244 valence electrons. The minimum atomic E-state index is -0.979. The number of aromatic amines is 3. The zero-order valence-electron chi connectivity index (χ0n) is 26.4. The Hall–Kier alpha value is -4.77. The Balaban J connectivity index is 1.19. The van der Waals surface area contributed by atoms with E-state index in [1.807, 2.05) is 30.3 Å². The van der Waals surface area contributed by atoms with Crippen molar-refractivity contribution in [1.29, 1.82) is 0 Å². The van der Waals surface area contributed by atoms with Gasteiger partial charge < -0.3 is 26.4 Å². The quantitative estimate of drug-likeness (QED) is 0.147.